The lowest BCUT2D eigenvalue weighted by molar-refractivity contribution is -0.130. The molecule has 0 bridgehead atoms. The molecule has 3 rings (SSSR count). The van der Waals surface area contributed by atoms with E-state index in [1.165, 1.54) is 0 Å². The molecule has 138 valence electrons. The van der Waals surface area contributed by atoms with Crippen LogP contribution in [0.2, 0.25) is 0 Å². The number of β-amino-alcohol motifs (C(OH)–C–C–N with tert-alkyl or cyclic N) is 1. The number of nitrogens with zero attached hydrogens (tertiary/aromatic N) is 2. The summed E-state index contributed by atoms with van der Waals surface area (Å²) >= 11 is 0. The first-order valence-corrected chi connectivity index (χ1v) is 9.03. The summed E-state index contributed by atoms with van der Waals surface area (Å²) in [7, 11) is 0. The van der Waals surface area contributed by atoms with E-state index in [9.17, 15) is 9.90 Å². The molecule has 6 nitrogen and oxygen atoms in total. The van der Waals surface area contributed by atoms with Gasteiger partial charge in [-0.3, -0.25) is 9.69 Å². The van der Waals surface area contributed by atoms with Crippen LogP contribution >= 0.6 is 0 Å². The van der Waals surface area contributed by atoms with Gasteiger partial charge in [0.05, 0.1) is 13.2 Å². The second-order valence-corrected chi connectivity index (χ2v) is 7.09. The maximum atomic E-state index is 11.5. The fourth-order valence-electron chi connectivity index (χ4n) is 3.63. The van der Waals surface area contributed by atoms with Gasteiger partial charge in [0.15, 0.2) is 0 Å². The number of carbonyl (C=O) groups excluding carboxylic acids is 1. The van der Waals surface area contributed by atoms with Crippen LogP contribution in [0.15, 0.2) is 30.3 Å². The first-order chi connectivity index (χ1) is 12.1. The van der Waals surface area contributed by atoms with Crippen molar-refractivity contribution < 1.29 is 19.4 Å². The molecule has 0 aromatic heterocycles. The molecule has 1 aromatic carbocycles. The summed E-state index contributed by atoms with van der Waals surface area (Å²) in [6.07, 6.45) is 1.88. The van der Waals surface area contributed by atoms with E-state index < -0.39 is 5.60 Å². The third-order valence-electron chi connectivity index (χ3n) is 5.07. The molecule has 1 aromatic rings. The van der Waals surface area contributed by atoms with E-state index >= 15 is 0 Å². The summed E-state index contributed by atoms with van der Waals surface area (Å²) < 4.78 is 11.4. The number of hydrogen-bond donors (Lipinski definition) is 1. The zero-order valence-corrected chi connectivity index (χ0v) is 14.9. The minimum Gasteiger partial charge on any atom is -0.490 e. The van der Waals surface area contributed by atoms with E-state index in [2.05, 4.69) is 4.90 Å². The molecular formula is C19H28N2O4. The van der Waals surface area contributed by atoms with E-state index in [4.69, 9.17) is 9.47 Å². The number of para-hydroxylation sites is 1. The molecule has 2 aliphatic heterocycles. The first kappa shape index (κ1) is 18.2. The number of amides is 1. The van der Waals surface area contributed by atoms with Gasteiger partial charge in [0, 0.05) is 39.1 Å². The van der Waals surface area contributed by atoms with Gasteiger partial charge >= 0.3 is 0 Å². The molecule has 2 heterocycles. The standard InChI is InChI=1S/C19H28N2O4/c1-16(22)20-9-7-17(8-10-20)21-11-12-24-14-19(23,13-21)15-25-18-5-3-2-4-6-18/h2-6,17,23H,7-15H2,1H3. The molecular weight excluding hydrogens is 320 g/mol. The van der Waals surface area contributed by atoms with Gasteiger partial charge in [0.2, 0.25) is 5.91 Å². The lowest BCUT2D eigenvalue weighted by Crippen LogP contribution is -2.53. The fourth-order valence-corrected chi connectivity index (χ4v) is 3.63. The van der Waals surface area contributed by atoms with Crippen molar-refractivity contribution in [3.63, 3.8) is 0 Å². The molecule has 0 aliphatic carbocycles. The molecule has 1 N–H and O–H groups in total. The fraction of sp³-hybridized carbons (Fsp3) is 0.632. The van der Waals surface area contributed by atoms with Crippen molar-refractivity contribution in [3.05, 3.63) is 30.3 Å². The van der Waals surface area contributed by atoms with Crippen LogP contribution in [0.25, 0.3) is 0 Å². The van der Waals surface area contributed by atoms with E-state index in [1.807, 2.05) is 35.2 Å². The van der Waals surface area contributed by atoms with Gasteiger partial charge in [-0.25, -0.2) is 0 Å². The van der Waals surface area contributed by atoms with E-state index in [0.29, 0.717) is 19.2 Å². The van der Waals surface area contributed by atoms with Crippen molar-refractivity contribution in [2.24, 2.45) is 0 Å². The quantitative estimate of drug-likeness (QED) is 0.884. The van der Waals surface area contributed by atoms with E-state index in [-0.39, 0.29) is 19.1 Å². The Morgan fingerprint density at radius 2 is 2.00 bits per heavy atom. The van der Waals surface area contributed by atoms with Gasteiger partial charge in [-0.2, -0.15) is 0 Å². The lowest BCUT2D eigenvalue weighted by atomic mass is 9.99. The van der Waals surface area contributed by atoms with Crippen LogP contribution in [0.4, 0.5) is 0 Å². The summed E-state index contributed by atoms with van der Waals surface area (Å²) in [5.41, 5.74) is -1.02. The summed E-state index contributed by atoms with van der Waals surface area (Å²) in [4.78, 5) is 15.7. The number of piperidine rings is 1. The van der Waals surface area contributed by atoms with Crippen molar-refractivity contribution in [1.82, 2.24) is 9.80 Å². The average molecular weight is 348 g/mol. The molecule has 2 saturated heterocycles. The van der Waals surface area contributed by atoms with Gasteiger partial charge in [0.25, 0.3) is 0 Å². The largest absolute Gasteiger partial charge is 0.490 e. The number of carbonyl (C=O) groups is 1. The van der Waals surface area contributed by atoms with E-state index in [1.54, 1.807) is 6.92 Å². The minimum absolute atomic E-state index is 0.144. The molecule has 2 aliphatic rings. The van der Waals surface area contributed by atoms with Gasteiger partial charge in [-0.15, -0.1) is 0 Å². The maximum absolute atomic E-state index is 11.5. The Bertz CT molecular complexity index is 560. The van der Waals surface area contributed by atoms with Crippen LogP contribution in [-0.2, 0) is 9.53 Å². The Morgan fingerprint density at radius 3 is 2.68 bits per heavy atom. The highest BCUT2D eigenvalue weighted by Gasteiger charge is 2.37. The summed E-state index contributed by atoms with van der Waals surface area (Å²) in [6, 6.07) is 9.91. The topological polar surface area (TPSA) is 62.2 Å². The van der Waals surface area contributed by atoms with Gasteiger partial charge in [0.1, 0.15) is 18.0 Å². The maximum Gasteiger partial charge on any atom is 0.219 e. The van der Waals surface area contributed by atoms with Crippen LogP contribution in [0.1, 0.15) is 19.8 Å². The third kappa shape index (κ3) is 4.93. The Hall–Kier alpha value is -1.63. The van der Waals surface area contributed by atoms with Crippen LogP contribution in [0, 0.1) is 0 Å². The van der Waals surface area contributed by atoms with Crippen molar-refractivity contribution in [1.29, 1.82) is 0 Å². The Morgan fingerprint density at radius 1 is 1.28 bits per heavy atom. The van der Waals surface area contributed by atoms with Crippen molar-refractivity contribution >= 4 is 5.91 Å². The summed E-state index contributed by atoms with van der Waals surface area (Å²) in [5, 5.41) is 11.0. The number of likely N-dealkylation sites (tertiary alicyclic amines) is 1. The number of ether oxygens (including phenoxy) is 2. The third-order valence-corrected chi connectivity index (χ3v) is 5.07. The number of aliphatic hydroxyl groups is 1. The van der Waals surface area contributed by atoms with Crippen LogP contribution < -0.4 is 4.74 Å². The second kappa shape index (κ2) is 8.17. The number of benzene rings is 1. The van der Waals surface area contributed by atoms with Crippen molar-refractivity contribution in [2.75, 3.05) is 46.0 Å². The van der Waals surface area contributed by atoms with Crippen LogP contribution in [-0.4, -0.2) is 78.5 Å². The first-order valence-electron chi connectivity index (χ1n) is 9.03. The molecule has 1 unspecified atom stereocenters. The molecule has 0 saturated carbocycles. The average Bonchev–Trinajstić information content (AvgIpc) is 2.83. The zero-order chi connectivity index (χ0) is 17.7. The normalized spacial score (nSPS) is 26.2. The molecule has 1 atom stereocenters. The predicted octanol–water partition coefficient (Wildman–Crippen LogP) is 1.14. The highest BCUT2D eigenvalue weighted by atomic mass is 16.5. The molecule has 0 radical (unpaired) electrons. The van der Waals surface area contributed by atoms with Gasteiger partial charge < -0.3 is 19.5 Å². The Kier molecular flexibility index (Phi) is 5.93. The van der Waals surface area contributed by atoms with Crippen LogP contribution in [0.5, 0.6) is 5.75 Å². The number of rotatable bonds is 4. The molecule has 6 heteroatoms. The minimum atomic E-state index is -1.02. The second-order valence-electron chi connectivity index (χ2n) is 7.09. The van der Waals surface area contributed by atoms with E-state index in [0.717, 1.165) is 38.2 Å². The van der Waals surface area contributed by atoms with Crippen molar-refractivity contribution in [2.45, 2.75) is 31.4 Å². The smallest absolute Gasteiger partial charge is 0.219 e. The monoisotopic (exact) mass is 348 g/mol. The highest BCUT2D eigenvalue weighted by Crippen LogP contribution is 2.22. The summed E-state index contributed by atoms with van der Waals surface area (Å²) in [5.74, 6) is 0.895. The zero-order valence-electron chi connectivity index (χ0n) is 14.9. The van der Waals surface area contributed by atoms with Crippen LogP contribution in [0.3, 0.4) is 0 Å². The Labute approximate surface area is 149 Å². The van der Waals surface area contributed by atoms with Gasteiger partial charge in [-0.1, -0.05) is 18.2 Å². The highest BCUT2D eigenvalue weighted by molar-refractivity contribution is 5.73. The molecule has 1 amide bonds. The molecule has 2 fully saturated rings. The van der Waals surface area contributed by atoms with Crippen molar-refractivity contribution in [3.8, 4) is 5.75 Å². The lowest BCUT2D eigenvalue weighted by Gasteiger charge is -2.40. The Balaban J connectivity index is 1.57. The van der Waals surface area contributed by atoms with Gasteiger partial charge in [-0.05, 0) is 25.0 Å². The molecule has 25 heavy (non-hydrogen) atoms. The number of hydrogen-bond acceptors (Lipinski definition) is 5. The molecule has 0 spiro atoms. The SMILES string of the molecule is CC(=O)N1CCC(N2CCOCC(O)(COc3ccccc3)C2)CC1. The summed E-state index contributed by atoms with van der Waals surface area (Å²) in [6.45, 7) is 5.64. The predicted molar refractivity (Wildman–Crippen MR) is 94.6 cm³/mol.